The zero-order valence-electron chi connectivity index (χ0n) is 7.64. The van der Waals surface area contributed by atoms with Crippen LogP contribution in [0.4, 0.5) is 11.4 Å². The smallest absolute Gasteiger partial charge is 0.292 e. The number of nitro groups is 1. The van der Waals surface area contributed by atoms with E-state index in [2.05, 4.69) is 0 Å². The van der Waals surface area contributed by atoms with E-state index in [1.165, 1.54) is 12.1 Å². The van der Waals surface area contributed by atoms with Crippen LogP contribution in [0.5, 0.6) is 0 Å². The number of nitrogens with two attached hydrogens (primary N) is 1. The SMILES string of the molecule is CC(C=O)c1cccc([N+](=O)[O-])c1N. The van der Waals surface area contributed by atoms with Gasteiger partial charge in [-0.2, -0.15) is 0 Å². The van der Waals surface area contributed by atoms with Crippen LogP contribution in [0, 0.1) is 10.1 Å². The number of carbonyl (C=O) groups is 1. The highest BCUT2D eigenvalue weighted by molar-refractivity contribution is 5.72. The maximum atomic E-state index is 10.5. The van der Waals surface area contributed by atoms with Gasteiger partial charge in [0, 0.05) is 12.0 Å². The standard InChI is InChI=1S/C9H10N2O3/c1-6(5-12)7-3-2-4-8(9(7)10)11(13)14/h2-6H,10H2,1H3. The van der Waals surface area contributed by atoms with Crippen molar-refractivity contribution >= 4 is 17.7 Å². The largest absolute Gasteiger partial charge is 0.393 e. The molecule has 0 amide bonds. The van der Waals surface area contributed by atoms with Crippen molar-refractivity contribution in [1.82, 2.24) is 0 Å². The third kappa shape index (κ3) is 1.71. The Labute approximate surface area is 80.7 Å². The van der Waals surface area contributed by atoms with Gasteiger partial charge in [0.2, 0.25) is 0 Å². The molecule has 0 heterocycles. The lowest BCUT2D eigenvalue weighted by molar-refractivity contribution is -0.383. The Morgan fingerprint density at radius 2 is 2.21 bits per heavy atom. The molecule has 1 unspecified atom stereocenters. The summed E-state index contributed by atoms with van der Waals surface area (Å²) in [7, 11) is 0. The molecule has 0 spiro atoms. The number of nitrogen functional groups attached to an aromatic ring is 1. The normalized spacial score (nSPS) is 12.1. The minimum Gasteiger partial charge on any atom is -0.393 e. The zero-order valence-corrected chi connectivity index (χ0v) is 7.64. The van der Waals surface area contributed by atoms with Crippen LogP contribution in [-0.4, -0.2) is 11.2 Å². The van der Waals surface area contributed by atoms with Gasteiger partial charge in [-0.1, -0.05) is 19.1 Å². The Morgan fingerprint density at radius 3 is 2.71 bits per heavy atom. The fraction of sp³-hybridized carbons (Fsp3) is 0.222. The topological polar surface area (TPSA) is 86.2 Å². The maximum absolute atomic E-state index is 10.5. The molecule has 14 heavy (non-hydrogen) atoms. The van der Waals surface area contributed by atoms with E-state index in [-0.39, 0.29) is 11.4 Å². The minimum absolute atomic E-state index is 0.0668. The summed E-state index contributed by atoms with van der Waals surface area (Å²) in [6.07, 6.45) is 0.704. The van der Waals surface area contributed by atoms with Crippen molar-refractivity contribution in [2.24, 2.45) is 0 Å². The maximum Gasteiger partial charge on any atom is 0.292 e. The van der Waals surface area contributed by atoms with Crippen molar-refractivity contribution in [2.45, 2.75) is 12.8 Å². The van der Waals surface area contributed by atoms with Crippen molar-refractivity contribution in [1.29, 1.82) is 0 Å². The van der Waals surface area contributed by atoms with Gasteiger partial charge in [0.1, 0.15) is 12.0 Å². The van der Waals surface area contributed by atoms with Gasteiger partial charge in [-0.25, -0.2) is 0 Å². The van der Waals surface area contributed by atoms with E-state index in [0.29, 0.717) is 11.8 Å². The fourth-order valence-corrected chi connectivity index (χ4v) is 1.20. The first kappa shape index (κ1) is 10.2. The molecule has 0 aliphatic heterocycles. The Hall–Kier alpha value is -1.91. The first-order valence-electron chi connectivity index (χ1n) is 4.06. The molecular formula is C9H10N2O3. The summed E-state index contributed by atoms with van der Waals surface area (Å²) in [6.45, 7) is 1.64. The predicted molar refractivity (Wildman–Crippen MR) is 52.0 cm³/mol. The molecule has 74 valence electrons. The molecule has 0 saturated heterocycles. The molecule has 0 aliphatic carbocycles. The molecule has 5 heteroatoms. The van der Waals surface area contributed by atoms with E-state index in [1.807, 2.05) is 0 Å². The summed E-state index contributed by atoms with van der Waals surface area (Å²) in [5.74, 6) is -0.421. The summed E-state index contributed by atoms with van der Waals surface area (Å²) in [4.78, 5) is 20.5. The Kier molecular flexibility index (Phi) is 2.81. The van der Waals surface area contributed by atoms with E-state index in [9.17, 15) is 14.9 Å². The number of rotatable bonds is 3. The Balaban J connectivity index is 3.26. The number of benzene rings is 1. The van der Waals surface area contributed by atoms with Gasteiger partial charge in [-0.05, 0) is 5.56 Å². The molecule has 1 aromatic carbocycles. The summed E-state index contributed by atoms with van der Waals surface area (Å²) < 4.78 is 0. The predicted octanol–water partition coefficient (Wildman–Crippen LogP) is 1.48. The Morgan fingerprint density at radius 1 is 1.57 bits per heavy atom. The van der Waals surface area contributed by atoms with E-state index in [0.717, 1.165) is 0 Å². The molecule has 0 fully saturated rings. The minimum atomic E-state index is -0.559. The van der Waals surface area contributed by atoms with Gasteiger partial charge in [-0.15, -0.1) is 0 Å². The van der Waals surface area contributed by atoms with Crippen molar-refractivity contribution in [2.75, 3.05) is 5.73 Å². The number of hydrogen-bond donors (Lipinski definition) is 1. The molecule has 1 atom stereocenters. The second kappa shape index (κ2) is 3.87. The van der Waals surface area contributed by atoms with Crippen LogP contribution in [0.15, 0.2) is 18.2 Å². The number of carbonyl (C=O) groups excluding carboxylic acids is 1. The number of aldehydes is 1. The molecule has 0 bridgehead atoms. The second-order valence-corrected chi connectivity index (χ2v) is 2.96. The van der Waals surface area contributed by atoms with Gasteiger partial charge >= 0.3 is 0 Å². The summed E-state index contributed by atoms with van der Waals surface area (Å²) in [5, 5.41) is 10.5. The van der Waals surface area contributed by atoms with Crippen LogP contribution in [0.2, 0.25) is 0 Å². The van der Waals surface area contributed by atoms with Crippen LogP contribution in [0.3, 0.4) is 0 Å². The molecule has 0 aliphatic rings. The number of para-hydroxylation sites is 1. The number of anilines is 1. The highest BCUT2D eigenvalue weighted by atomic mass is 16.6. The highest BCUT2D eigenvalue weighted by Crippen LogP contribution is 2.29. The third-order valence-corrected chi connectivity index (χ3v) is 2.01. The molecule has 0 saturated carbocycles. The molecule has 0 radical (unpaired) electrons. The quantitative estimate of drug-likeness (QED) is 0.341. The van der Waals surface area contributed by atoms with Gasteiger partial charge < -0.3 is 10.5 Å². The van der Waals surface area contributed by atoms with E-state index in [4.69, 9.17) is 5.73 Å². The van der Waals surface area contributed by atoms with Gasteiger partial charge in [-0.3, -0.25) is 10.1 Å². The molecule has 1 aromatic rings. The van der Waals surface area contributed by atoms with Gasteiger partial charge in [0.15, 0.2) is 0 Å². The van der Waals surface area contributed by atoms with Crippen molar-refractivity contribution < 1.29 is 9.72 Å². The first-order valence-corrected chi connectivity index (χ1v) is 4.06. The highest BCUT2D eigenvalue weighted by Gasteiger charge is 2.17. The molecule has 5 nitrogen and oxygen atoms in total. The molecule has 2 N–H and O–H groups in total. The molecule has 1 rings (SSSR count). The summed E-state index contributed by atoms with van der Waals surface area (Å²) >= 11 is 0. The van der Waals surface area contributed by atoms with Crippen LogP contribution >= 0.6 is 0 Å². The third-order valence-electron chi connectivity index (χ3n) is 2.01. The lowest BCUT2D eigenvalue weighted by atomic mass is 10.00. The summed E-state index contributed by atoms with van der Waals surface area (Å²) in [6, 6.07) is 4.45. The van der Waals surface area contributed by atoms with Crippen molar-refractivity contribution in [3.63, 3.8) is 0 Å². The first-order chi connectivity index (χ1) is 6.57. The number of hydrogen-bond acceptors (Lipinski definition) is 4. The average molecular weight is 194 g/mol. The van der Waals surface area contributed by atoms with E-state index < -0.39 is 10.8 Å². The second-order valence-electron chi connectivity index (χ2n) is 2.96. The number of nitro benzene ring substituents is 1. The van der Waals surface area contributed by atoms with Crippen LogP contribution < -0.4 is 5.73 Å². The number of nitrogens with zero attached hydrogens (tertiary/aromatic N) is 1. The Bertz CT molecular complexity index is 376. The van der Waals surface area contributed by atoms with E-state index >= 15 is 0 Å². The van der Waals surface area contributed by atoms with Crippen LogP contribution in [0.25, 0.3) is 0 Å². The molecular weight excluding hydrogens is 184 g/mol. The average Bonchev–Trinajstić information content (AvgIpc) is 2.16. The lowest BCUT2D eigenvalue weighted by Gasteiger charge is -2.07. The van der Waals surface area contributed by atoms with Gasteiger partial charge in [0.25, 0.3) is 5.69 Å². The van der Waals surface area contributed by atoms with Gasteiger partial charge in [0.05, 0.1) is 4.92 Å². The van der Waals surface area contributed by atoms with Crippen molar-refractivity contribution in [3.8, 4) is 0 Å². The van der Waals surface area contributed by atoms with E-state index in [1.54, 1.807) is 13.0 Å². The summed E-state index contributed by atoms with van der Waals surface area (Å²) in [5.41, 5.74) is 5.97. The zero-order chi connectivity index (χ0) is 10.7. The van der Waals surface area contributed by atoms with Crippen LogP contribution in [0.1, 0.15) is 18.4 Å². The lowest BCUT2D eigenvalue weighted by Crippen LogP contribution is -2.03. The van der Waals surface area contributed by atoms with Crippen molar-refractivity contribution in [3.05, 3.63) is 33.9 Å². The molecule has 0 aromatic heterocycles. The van der Waals surface area contributed by atoms with Crippen LogP contribution in [-0.2, 0) is 4.79 Å². The monoisotopic (exact) mass is 194 g/mol. The fourth-order valence-electron chi connectivity index (χ4n) is 1.20.